The standard InChI is InChI=1S/C24H27FN4O3/c1-24(2,3)29-12-10-28(11-13-29)23(31)19-14-16(8-9-20(19)25)32-22-18-7-5-4-6-17(18)21(15-30)26-27-22/h4-9,14-15,21,26H,10-13H2,1-3H3. The summed E-state index contributed by atoms with van der Waals surface area (Å²) in [5, 5.41) is 4.15. The van der Waals surface area contributed by atoms with Gasteiger partial charge in [-0.1, -0.05) is 18.2 Å². The molecular formula is C24H27FN4O3. The van der Waals surface area contributed by atoms with E-state index in [4.69, 9.17) is 4.74 Å². The molecule has 0 saturated carbocycles. The van der Waals surface area contributed by atoms with Crippen molar-refractivity contribution in [2.75, 3.05) is 26.2 Å². The van der Waals surface area contributed by atoms with Crippen LogP contribution < -0.4 is 10.2 Å². The van der Waals surface area contributed by atoms with Crippen molar-refractivity contribution in [3.05, 3.63) is 65.0 Å². The summed E-state index contributed by atoms with van der Waals surface area (Å²) < 4.78 is 20.5. The first-order chi connectivity index (χ1) is 15.3. The first-order valence-electron chi connectivity index (χ1n) is 10.7. The Bertz CT molecular complexity index is 1060. The number of halogens is 1. The molecule has 0 bridgehead atoms. The third-order valence-electron chi connectivity index (χ3n) is 5.87. The van der Waals surface area contributed by atoms with E-state index in [1.807, 2.05) is 18.2 Å². The minimum absolute atomic E-state index is 0.0298. The van der Waals surface area contributed by atoms with Gasteiger partial charge in [0.2, 0.25) is 5.90 Å². The lowest BCUT2D eigenvalue weighted by Crippen LogP contribution is -2.54. The first kappa shape index (κ1) is 22.0. The summed E-state index contributed by atoms with van der Waals surface area (Å²) >= 11 is 0. The highest BCUT2D eigenvalue weighted by Crippen LogP contribution is 2.25. The summed E-state index contributed by atoms with van der Waals surface area (Å²) in [6.07, 6.45) is 0.771. The van der Waals surface area contributed by atoms with Crippen LogP contribution in [0.3, 0.4) is 0 Å². The van der Waals surface area contributed by atoms with Crippen molar-refractivity contribution < 1.29 is 18.7 Å². The van der Waals surface area contributed by atoms with Crippen molar-refractivity contribution in [1.82, 2.24) is 15.2 Å². The number of benzene rings is 2. The molecule has 4 rings (SSSR count). The van der Waals surface area contributed by atoms with Crippen molar-refractivity contribution in [1.29, 1.82) is 0 Å². The molecular weight excluding hydrogens is 411 g/mol. The van der Waals surface area contributed by atoms with Gasteiger partial charge in [-0.15, -0.1) is 5.10 Å². The third-order valence-corrected chi connectivity index (χ3v) is 5.87. The van der Waals surface area contributed by atoms with Gasteiger partial charge in [0.05, 0.1) is 5.56 Å². The summed E-state index contributed by atoms with van der Waals surface area (Å²) in [6.45, 7) is 8.99. The second-order valence-corrected chi connectivity index (χ2v) is 8.94. The van der Waals surface area contributed by atoms with Gasteiger partial charge in [-0.25, -0.2) is 4.39 Å². The van der Waals surface area contributed by atoms with Crippen LogP contribution in [0.1, 0.15) is 48.3 Å². The lowest BCUT2D eigenvalue weighted by molar-refractivity contribution is -0.109. The molecule has 1 atom stereocenters. The fourth-order valence-electron chi connectivity index (χ4n) is 4.00. The molecule has 0 aliphatic carbocycles. The molecule has 2 aliphatic heterocycles. The number of amides is 1. The van der Waals surface area contributed by atoms with Gasteiger partial charge in [-0.3, -0.25) is 15.1 Å². The Morgan fingerprint density at radius 1 is 1.16 bits per heavy atom. The number of ether oxygens (including phenoxy) is 1. The number of carbonyl (C=O) groups is 2. The SMILES string of the molecule is CC(C)(C)N1CCN(C(=O)c2cc(OC3=NNC(C=O)c4ccccc43)ccc2F)CC1. The second-order valence-electron chi connectivity index (χ2n) is 8.94. The minimum Gasteiger partial charge on any atom is -0.437 e. The van der Waals surface area contributed by atoms with E-state index < -0.39 is 11.9 Å². The maximum Gasteiger partial charge on any atom is 0.257 e. The van der Waals surface area contributed by atoms with E-state index in [2.05, 4.69) is 36.2 Å². The molecule has 2 heterocycles. The van der Waals surface area contributed by atoms with E-state index >= 15 is 0 Å². The highest BCUT2D eigenvalue weighted by Gasteiger charge is 2.30. The summed E-state index contributed by atoms with van der Waals surface area (Å²) in [5.74, 6) is -0.400. The highest BCUT2D eigenvalue weighted by atomic mass is 19.1. The van der Waals surface area contributed by atoms with Crippen molar-refractivity contribution in [3.63, 3.8) is 0 Å². The predicted octanol–water partition coefficient (Wildman–Crippen LogP) is 2.97. The van der Waals surface area contributed by atoms with Crippen molar-refractivity contribution in [3.8, 4) is 5.75 Å². The molecule has 0 aromatic heterocycles. The molecule has 1 unspecified atom stereocenters. The lowest BCUT2D eigenvalue weighted by atomic mass is 10.0. The number of nitrogens with one attached hydrogen (secondary N) is 1. The third kappa shape index (κ3) is 4.36. The van der Waals surface area contributed by atoms with Gasteiger partial charge >= 0.3 is 0 Å². The Hall–Kier alpha value is -3.26. The van der Waals surface area contributed by atoms with Gasteiger partial charge in [0.15, 0.2) is 0 Å². The number of piperazine rings is 1. The summed E-state index contributed by atoms with van der Waals surface area (Å²) in [5.41, 5.74) is 4.15. The topological polar surface area (TPSA) is 74.2 Å². The number of hydrazone groups is 1. The molecule has 2 aromatic rings. The average molecular weight is 439 g/mol. The van der Waals surface area contributed by atoms with Crippen LogP contribution >= 0.6 is 0 Å². The van der Waals surface area contributed by atoms with Gasteiger partial charge in [0.25, 0.3) is 5.91 Å². The predicted molar refractivity (Wildman–Crippen MR) is 119 cm³/mol. The Morgan fingerprint density at radius 3 is 2.56 bits per heavy atom. The normalized spacial score (nSPS) is 18.9. The lowest BCUT2D eigenvalue weighted by Gasteiger charge is -2.42. The molecule has 1 N–H and O–H groups in total. The van der Waals surface area contributed by atoms with Gasteiger partial charge in [0.1, 0.15) is 23.9 Å². The molecule has 1 fully saturated rings. The van der Waals surface area contributed by atoms with Crippen LogP contribution in [0.2, 0.25) is 0 Å². The van der Waals surface area contributed by atoms with Gasteiger partial charge < -0.3 is 14.4 Å². The van der Waals surface area contributed by atoms with Crippen molar-refractivity contribution in [2.24, 2.45) is 5.10 Å². The van der Waals surface area contributed by atoms with Crippen molar-refractivity contribution >= 4 is 18.1 Å². The van der Waals surface area contributed by atoms with E-state index in [1.165, 1.54) is 18.2 Å². The molecule has 8 heteroatoms. The zero-order valence-corrected chi connectivity index (χ0v) is 18.5. The van der Waals surface area contributed by atoms with E-state index in [1.54, 1.807) is 11.0 Å². The monoisotopic (exact) mass is 438 g/mol. The average Bonchev–Trinajstić information content (AvgIpc) is 2.79. The summed E-state index contributed by atoms with van der Waals surface area (Å²) in [7, 11) is 0. The first-order valence-corrected chi connectivity index (χ1v) is 10.7. The molecule has 2 aromatic carbocycles. The largest absolute Gasteiger partial charge is 0.437 e. The maximum atomic E-state index is 14.6. The molecule has 32 heavy (non-hydrogen) atoms. The Labute approximate surface area is 186 Å². The smallest absolute Gasteiger partial charge is 0.257 e. The van der Waals surface area contributed by atoms with E-state index in [-0.39, 0.29) is 22.9 Å². The number of hydrogen-bond donors (Lipinski definition) is 1. The quantitative estimate of drug-likeness (QED) is 0.746. The van der Waals surface area contributed by atoms with Crippen LogP contribution in [0.15, 0.2) is 47.6 Å². The van der Waals surface area contributed by atoms with Crippen LogP contribution in [0.5, 0.6) is 5.75 Å². The van der Waals surface area contributed by atoms with Crippen LogP contribution in [-0.4, -0.2) is 59.6 Å². The van der Waals surface area contributed by atoms with Crippen LogP contribution in [-0.2, 0) is 4.79 Å². The Kier molecular flexibility index (Phi) is 5.97. The Balaban J connectivity index is 1.52. The van der Waals surface area contributed by atoms with Gasteiger partial charge in [0, 0.05) is 37.3 Å². The number of hydrogen-bond acceptors (Lipinski definition) is 6. The van der Waals surface area contributed by atoms with E-state index in [9.17, 15) is 14.0 Å². The summed E-state index contributed by atoms with van der Waals surface area (Å²) in [4.78, 5) is 28.3. The zero-order valence-electron chi connectivity index (χ0n) is 18.5. The number of rotatable bonds is 3. The van der Waals surface area contributed by atoms with E-state index in [0.717, 1.165) is 24.9 Å². The fourth-order valence-corrected chi connectivity index (χ4v) is 4.00. The maximum absolute atomic E-state index is 14.6. The fraction of sp³-hybridized carbons (Fsp3) is 0.375. The molecule has 168 valence electrons. The van der Waals surface area contributed by atoms with Crippen LogP contribution in [0, 0.1) is 5.82 Å². The zero-order chi connectivity index (χ0) is 22.9. The molecule has 7 nitrogen and oxygen atoms in total. The van der Waals surface area contributed by atoms with Crippen LogP contribution in [0.4, 0.5) is 4.39 Å². The molecule has 1 amide bonds. The highest BCUT2D eigenvalue weighted by molar-refractivity contribution is 5.99. The minimum atomic E-state index is -0.592. The van der Waals surface area contributed by atoms with Gasteiger partial charge in [-0.05, 0) is 50.6 Å². The van der Waals surface area contributed by atoms with Crippen LogP contribution in [0.25, 0.3) is 0 Å². The molecule has 2 aliphatic rings. The molecule has 0 radical (unpaired) electrons. The Morgan fingerprint density at radius 2 is 1.88 bits per heavy atom. The number of fused-ring (bicyclic) bond motifs is 1. The second kappa shape index (κ2) is 8.70. The molecule has 1 saturated heterocycles. The van der Waals surface area contributed by atoms with Crippen molar-refractivity contribution in [2.45, 2.75) is 32.4 Å². The van der Waals surface area contributed by atoms with E-state index in [0.29, 0.717) is 24.4 Å². The number of aldehydes is 1. The van der Waals surface area contributed by atoms with Gasteiger partial charge in [-0.2, -0.15) is 0 Å². The number of nitrogens with zero attached hydrogens (tertiary/aromatic N) is 3. The number of carbonyl (C=O) groups excluding carboxylic acids is 2. The summed E-state index contributed by atoms with van der Waals surface area (Å²) in [6, 6.07) is 10.8. The molecule has 0 spiro atoms.